The van der Waals surface area contributed by atoms with Gasteiger partial charge in [0.05, 0.1) is 6.61 Å². The topological polar surface area (TPSA) is 58.0 Å². The largest absolute Gasteiger partial charge is 0.390 e. The Balaban J connectivity index is 2.70. The van der Waals surface area contributed by atoms with Crippen LogP contribution in [0, 0.1) is 0 Å². The molecule has 1 aromatic heterocycles. The molecule has 0 fully saturated rings. The lowest BCUT2D eigenvalue weighted by Crippen LogP contribution is -1.97. The average molecular weight is 159 g/mol. The number of hydrogen-bond acceptors (Lipinski definition) is 5. The molecule has 0 aliphatic rings. The third kappa shape index (κ3) is 1.43. The summed E-state index contributed by atoms with van der Waals surface area (Å²) in [6, 6.07) is 0. The quantitative estimate of drug-likeness (QED) is 0.672. The lowest BCUT2D eigenvalue weighted by Gasteiger charge is -1.96. The van der Waals surface area contributed by atoms with Crippen LogP contribution in [0.1, 0.15) is 12.6 Å². The minimum Gasteiger partial charge on any atom is -0.390 e. The predicted molar refractivity (Wildman–Crippen MR) is 40.0 cm³/mol. The minimum atomic E-state index is -0.0428. The number of aliphatic hydroxyl groups is 1. The van der Waals surface area contributed by atoms with Crippen LogP contribution in [0.5, 0.6) is 0 Å². The number of aromatic nitrogens is 2. The molecule has 0 spiro atoms. The van der Waals surface area contributed by atoms with Crippen molar-refractivity contribution in [1.82, 2.24) is 9.59 Å². The van der Waals surface area contributed by atoms with E-state index in [4.69, 9.17) is 5.11 Å². The third-order valence-corrected chi connectivity index (χ3v) is 1.77. The van der Waals surface area contributed by atoms with E-state index in [2.05, 4.69) is 14.9 Å². The SMILES string of the molecule is CCNc1snnc1CO. The maximum Gasteiger partial charge on any atom is 0.135 e. The van der Waals surface area contributed by atoms with E-state index in [1.807, 2.05) is 6.92 Å². The Bertz CT molecular complexity index is 201. The zero-order valence-electron chi connectivity index (χ0n) is 5.66. The molecule has 0 saturated heterocycles. The Hall–Kier alpha value is -0.680. The van der Waals surface area contributed by atoms with Crippen molar-refractivity contribution in [3.8, 4) is 0 Å². The zero-order chi connectivity index (χ0) is 7.40. The first-order valence-electron chi connectivity index (χ1n) is 3.04. The summed E-state index contributed by atoms with van der Waals surface area (Å²) in [6.45, 7) is 2.77. The fraction of sp³-hybridized carbons (Fsp3) is 0.600. The fourth-order valence-corrected chi connectivity index (χ4v) is 1.25. The highest BCUT2D eigenvalue weighted by Crippen LogP contribution is 2.16. The summed E-state index contributed by atoms with van der Waals surface area (Å²) in [4.78, 5) is 0. The summed E-state index contributed by atoms with van der Waals surface area (Å²) in [6.07, 6.45) is 0. The molecule has 0 saturated carbocycles. The van der Waals surface area contributed by atoms with Crippen LogP contribution in [0.25, 0.3) is 0 Å². The van der Waals surface area contributed by atoms with Crippen molar-refractivity contribution < 1.29 is 5.11 Å². The zero-order valence-corrected chi connectivity index (χ0v) is 6.48. The normalized spacial score (nSPS) is 9.80. The Morgan fingerprint density at radius 1 is 1.70 bits per heavy atom. The number of nitrogens with one attached hydrogen (secondary N) is 1. The molecule has 56 valence electrons. The average Bonchev–Trinajstić information content (AvgIpc) is 2.36. The van der Waals surface area contributed by atoms with Crippen molar-refractivity contribution in [2.24, 2.45) is 0 Å². The molecule has 0 bridgehead atoms. The van der Waals surface area contributed by atoms with Crippen LogP contribution in [-0.2, 0) is 6.61 Å². The third-order valence-electron chi connectivity index (χ3n) is 1.04. The van der Waals surface area contributed by atoms with Crippen LogP contribution >= 0.6 is 11.5 Å². The summed E-state index contributed by atoms with van der Waals surface area (Å²) in [7, 11) is 0. The van der Waals surface area contributed by atoms with Crippen molar-refractivity contribution >= 4 is 16.5 Å². The molecular formula is C5H9N3OS. The Kier molecular flexibility index (Phi) is 2.58. The first kappa shape index (κ1) is 7.43. The molecule has 0 unspecified atom stereocenters. The van der Waals surface area contributed by atoms with E-state index in [9.17, 15) is 0 Å². The van der Waals surface area contributed by atoms with Crippen molar-refractivity contribution in [3.63, 3.8) is 0 Å². The first-order valence-corrected chi connectivity index (χ1v) is 3.81. The van der Waals surface area contributed by atoms with Gasteiger partial charge in [-0.15, -0.1) is 5.10 Å². The van der Waals surface area contributed by atoms with Gasteiger partial charge in [0.15, 0.2) is 0 Å². The highest BCUT2D eigenvalue weighted by atomic mass is 32.1. The predicted octanol–water partition coefficient (Wildman–Crippen LogP) is 0.462. The van der Waals surface area contributed by atoms with Crippen molar-refractivity contribution in [2.75, 3.05) is 11.9 Å². The number of rotatable bonds is 3. The summed E-state index contributed by atoms with van der Waals surface area (Å²) in [5.74, 6) is 0. The molecular weight excluding hydrogens is 150 g/mol. The van der Waals surface area contributed by atoms with E-state index < -0.39 is 0 Å². The van der Waals surface area contributed by atoms with Crippen LogP contribution < -0.4 is 5.32 Å². The first-order chi connectivity index (χ1) is 4.88. The lowest BCUT2D eigenvalue weighted by molar-refractivity contribution is 0.277. The molecule has 0 aliphatic heterocycles. The van der Waals surface area contributed by atoms with Gasteiger partial charge in [-0.05, 0) is 6.92 Å². The van der Waals surface area contributed by atoms with Gasteiger partial charge in [0.2, 0.25) is 0 Å². The van der Waals surface area contributed by atoms with Crippen LogP contribution in [0.15, 0.2) is 0 Å². The maximum atomic E-state index is 8.70. The smallest absolute Gasteiger partial charge is 0.135 e. The van der Waals surface area contributed by atoms with Crippen molar-refractivity contribution in [2.45, 2.75) is 13.5 Å². The molecule has 0 aliphatic carbocycles. The molecule has 2 N–H and O–H groups in total. The van der Waals surface area contributed by atoms with Gasteiger partial charge in [0.1, 0.15) is 10.7 Å². The van der Waals surface area contributed by atoms with Gasteiger partial charge in [-0.1, -0.05) is 4.49 Å². The van der Waals surface area contributed by atoms with E-state index in [0.717, 1.165) is 11.5 Å². The van der Waals surface area contributed by atoms with Crippen LogP contribution in [-0.4, -0.2) is 21.2 Å². The standard InChI is InChI=1S/C5H9N3OS/c1-2-6-5-4(3-9)7-8-10-5/h6,9H,2-3H2,1H3. The second kappa shape index (κ2) is 3.48. The summed E-state index contributed by atoms with van der Waals surface area (Å²) < 4.78 is 3.68. The lowest BCUT2D eigenvalue weighted by atomic mass is 10.5. The Morgan fingerprint density at radius 3 is 3.10 bits per heavy atom. The van der Waals surface area contributed by atoms with E-state index in [1.165, 1.54) is 11.5 Å². The molecule has 5 heteroatoms. The highest BCUT2D eigenvalue weighted by Gasteiger charge is 2.03. The molecule has 1 rings (SSSR count). The Morgan fingerprint density at radius 2 is 2.50 bits per heavy atom. The van der Waals surface area contributed by atoms with Gasteiger partial charge < -0.3 is 10.4 Å². The van der Waals surface area contributed by atoms with Crippen LogP contribution in [0.3, 0.4) is 0 Å². The minimum absolute atomic E-state index is 0.0428. The second-order valence-corrected chi connectivity index (χ2v) is 2.49. The van der Waals surface area contributed by atoms with E-state index in [0.29, 0.717) is 5.69 Å². The van der Waals surface area contributed by atoms with Crippen LogP contribution in [0.2, 0.25) is 0 Å². The Labute approximate surface area is 63.1 Å². The highest BCUT2D eigenvalue weighted by molar-refractivity contribution is 7.10. The van der Waals surface area contributed by atoms with Crippen LogP contribution in [0.4, 0.5) is 5.00 Å². The van der Waals surface area contributed by atoms with E-state index >= 15 is 0 Å². The monoisotopic (exact) mass is 159 g/mol. The summed E-state index contributed by atoms with van der Waals surface area (Å²) in [5, 5.41) is 16.3. The number of hydrogen-bond donors (Lipinski definition) is 2. The molecule has 10 heavy (non-hydrogen) atoms. The summed E-state index contributed by atoms with van der Waals surface area (Å²) in [5.41, 5.74) is 0.631. The summed E-state index contributed by atoms with van der Waals surface area (Å²) >= 11 is 1.27. The fourth-order valence-electron chi connectivity index (χ4n) is 0.607. The van der Waals surface area contributed by atoms with Gasteiger partial charge in [-0.25, -0.2) is 0 Å². The number of anilines is 1. The molecule has 0 atom stereocenters. The molecule has 1 heterocycles. The van der Waals surface area contributed by atoms with Gasteiger partial charge in [0.25, 0.3) is 0 Å². The van der Waals surface area contributed by atoms with E-state index in [1.54, 1.807) is 0 Å². The van der Waals surface area contributed by atoms with Gasteiger partial charge in [-0.3, -0.25) is 0 Å². The molecule has 0 amide bonds. The molecule has 4 nitrogen and oxygen atoms in total. The molecule has 0 radical (unpaired) electrons. The maximum absolute atomic E-state index is 8.70. The van der Waals surface area contributed by atoms with Crippen molar-refractivity contribution in [3.05, 3.63) is 5.69 Å². The van der Waals surface area contributed by atoms with Crippen molar-refractivity contribution in [1.29, 1.82) is 0 Å². The van der Waals surface area contributed by atoms with Gasteiger partial charge in [0, 0.05) is 18.1 Å². The number of nitrogens with zero attached hydrogens (tertiary/aromatic N) is 2. The number of aliphatic hydroxyl groups excluding tert-OH is 1. The van der Waals surface area contributed by atoms with E-state index in [-0.39, 0.29) is 6.61 Å². The molecule has 0 aromatic carbocycles. The van der Waals surface area contributed by atoms with Gasteiger partial charge >= 0.3 is 0 Å². The van der Waals surface area contributed by atoms with Gasteiger partial charge in [-0.2, -0.15) is 0 Å². The second-order valence-electron chi connectivity index (χ2n) is 1.74. The molecule has 1 aromatic rings.